The van der Waals surface area contributed by atoms with E-state index in [0.29, 0.717) is 22.1 Å². The maximum Gasteiger partial charge on any atom is 0.167 e. The van der Waals surface area contributed by atoms with E-state index in [-0.39, 0.29) is 11.7 Å². The normalized spacial score (nSPS) is 10.4. The molecule has 0 spiro atoms. The highest BCUT2D eigenvalue weighted by atomic mass is 35.5. The van der Waals surface area contributed by atoms with Crippen molar-refractivity contribution >= 4 is 17.4 Å². The van der Waals surface area contributed by atoms with Crippen LogP contribution < -0.4 is 9.47 Å². The molecule has 0 fully saturated rings. The second-order valence-corrected chi connectivity index (χ2v) is 4.11. The van der Waals surface area contributed by atoms with Crippen molar-refractivity contribution in [2.45, 2.75) is 13.8 Å². The first-order valence-electron chi connectivity index (χ1n) is 4.97. The molecule has 1 rings (SSSR count). The van der Waals surface area contributed by atoms with Crippen molar-refractivity contribution in [1.82, 2.24) is 0 Å². The molecule has 0 amide bonds. The van der Waals surface area contributed by atoms with Gasteiger partial charge in [0.25, 0.3) is 0 Å². The van der Waals surface area contributed by atoms with Gasteiger partial charge in [-0.25, -0.2) is 0 Å². The third-order valence-corrected chi connectivity index (χ3v) is 2.58. The monoisotopic (exact) mass is 242 g/mol. The number of hydrogen-bond acceptors (Lipinski definition) is 3. The molecule has 1 aromatic rings. The Balaban J connectivity index is 3.26. The molecule has 0 bridgehead atoms. The number of carbonyl (C=O) groups excluding carboxylic acids is 1. The fourth-order valence-electron chi connectivity index (χ4n) is 1.35. The molecule has 0 aromatic heterocycles. The maximum absolute atomic E-state index is 11.9. The molecule has 4 heteroatoms. The molecule has 0 unspecified atom stereocenters. The van der Waals surface area contributed by atoms with Gasteiger partial charge in [0.2, 0.25) is 0 Å². The maximum atomic E-state index is 11.9. The fraction of sp³-hybridized carbons (Fsp3) is 0.417. The van der Waals surface area contributed by atoms with Crippen molar-refractivity contribution in [1.29, 1.82) is 0 Å². The Hall–Kier alpha value is -1.22. The number of ketones is 1. The molecule has 0 radical (unpaired) electrons. The van der Waals surface area contributed by atoms with Crippen LogP contribution >= 0.6 is 11.6 Å². The summed E-state index contributed by atoms with van der Waals surface area (Å²) in [5, 5.41) is 0.386. The smallest absolute Gasteiger partial charge is 0.167 e. The van der Waals surface area contributed by atoms with E-state index in [2.05, 4.69) is 0 Å². The molecule has 0 heterocycles. The lowest BCUT2D eigenvalue weighted by atomic mass is 10.0. The molecule has 16 heavy (non-hydrogen) atoms. The summed E-state index contributed by atoms with van der Waals surface area (Å²) in [6.45, 7) is 3.66. The number of benzene rings is 1. The van der Waals surface area contributed by atoms with Crippen molar-refractivity contribution in [3.63, 3.8) is 0 Å². The zero-order chi connectivity index (χ0) is 12.3. The van der Waals surface area contributed by atoms with E-state index in [4.69, 9.17) is 21.1 Å². The topological polar surface area (TPSA) is 35.5 Å². The minimum Gasteiger partial charge on any atom is -0.493 e. The molecule has 0 N–H and O–H groups in total. The molecule has 1 aromatic carbocycles. The van der Waals surface area contributed by atoms with Crippen LogP contribution in [0.5, 0.6) is 11.5 Å². The third-order valence-electron chi connectivity index (χ3n) is 2.26. The molecule has 0 aliphatic carbocycles. The number of Topliss-reactive ketones (excluding diaryl/α,β-unsaturated/α-hetero) is 1. The Morgan fingerprint density at radius 2 is 1.69 bits per heavy atom. The number of carbonyl (C=O) groups is 1. The van der Waals surface area contributed by atoms with Gasteiger partial charge in [-0.05, 0) is 6.07 Å². The summed E-state index contributed by atoms with van der Waals surface area (Å²) in [7, 11) is 3.05. The van der Waals surface area contributed by atoms with E-state index in [1.807, 2.05) is 13.8 Å². The Morgan fingerprint density at radius 3 is 2.12 bits per heavy atom. The highest BCUT2D eigenvalue weighted by molar-refractivity contribution is 6.34. The molecule has 88 valence electrons. The van der Waals surface area contributed by atoms with Crippen LogP contribution in [0.1, 0.15) is 24.2 Å². The van der Waals surface area contributed by atoms with Gasteiger partial charge in [0.15, 0.2) is 17.3 Å². The lowest BCUT2D eigenvalue weighted by Gasteiger charge is -2.12. The van der Waals surface area contributed by atoms with Gasteiger partial charge in [-0.2, -0.15) is 0 Å². The summed E-state index contributed by atoms with van der Waals surface area (Å²) in [6.07, 6.45) is 0. The molecule has 0 aliphatic rings. The summed E-state index contributed by atoms with van der Waals surface area (Å²) >= 11 is 6.02. The highest BCUT2D eigenvalue weighted by Crippen LogP contribution is 2.33. The van der Waals surface area contributed by atoms with E-state index in [1.165, 1.54) is 14.2 Å². The Bertz CT molecular complexity index is 399. The Labute approximate surface area is 100 Å². The van der Waals surface area contributed by atoms with Gasteiger partial charge in [-0.15, -0.1) is 0 Å². The second kappa shape index (κ2) is 5.21. The summed E-state index contributed by atoms with van der Waals surface area (Å²) in [6, 6.07) is 3.21. The minimum atomic E-state index is -0.101. The molecule has 3 nitrogen and oxygen atoms in total. The first-order valence-corrected chi connectivity index (χ1v) is 5.34. The van der Waals surface area contributed by atoms with Crippen molar-refractivity contribution < 1.29 is 14.3 Å². The zero-order valence-corrected chi connectivity index (χ0v) is 10.6. The van der Waals surface area contributed by atoms with Gasteiger partial charge < -0.3 is 9.47 Å². The molecule has 0 saturated heterocycles. The van der Waals surface area contributed by atoms with Crippen LogP contribution in [-0.2, 0) is 0 Å². The van der Waals surface area contributed by atoms with Crippen molar-refractivity contribution in [2.75, 3.05) is 14.2 Å². The number of rotatable bonds is 4. The van der Waals surface area contributed by atoms with Gasteiger partial charge in [-0.1, -0.05) is 25.4 Å². The summed E-state index contributed by atoms with van der Waals surface area (Å²) in [5.41, 5.74) is 0.467. The first kappa shape index (κ1) is 12.8. The van der Waals surface area contributed by atoms with Crippen LogP contribution in [0.25, 0.3) is 0 Å². The Morgan fingerprint density at radius 1 is 1.19 bits per heavy atom. The summed E-state index contributed by atoms with van der Waals surface area (Å²) in [4.78, 5) is 11.9. The van der Waals surface area contributed by atoms with Crippen molar-refractivity contribution in [3.05, 3.63) is 22.7 Å². The largest absolute Gasteiger partial charge is 0.493 e. The Kier molecular flexibility index (Phi) is 4.19. The number of halogens is 1. The molecular formula is C12H15ClO3. The van der Waals surface area contributed by atoms with Crippen LogP contribution in [0.3, 0.4) is 0 Å². The molecule has 0 aliphatic heterocycles. The molecule has 0 saturated carbocycles. The minimum absolute atomic E-state index is 0.00838. The van der Waals surface area contributed by atoms with E-state index in [0.717, 1.165) is 0 Å². The number of hydrogen-bond donors (Lipinski definition) is 0. The van der Waals surface area contributed by atoms with E-state index in [9.17, 15) is 4.79 Å². The van der Waals surface area contributed by atoms with Gasteiger partial charge >= 0.3 is 0 Å². The van der Waals surface area contributed by atoms with Crippen LogP contribution in [-0.4, -0.2) is 20.0 Å². The average molecular weight is 243 g/mol. The van der Waals surface area contributed by atoms with E-state index >= 15 is 0 Å². The molecule has 0 atom stereocenters. The summed E-state index contributed by atoms with van der Waals surface area (Å²) in [5.74, 6) is 0.922. The second-order valence-electron chi connectivity index (χ2n) is 3.71. The number of methoxy groups -OCH3 is 2. The third kappa shape index (κ3) is 2.47. The summed E-state index contributed by atoms with van der Waals surface area (Å²) < 4.78 is 10.2. The zero-order valence-electron chi connectivity index (χ0n) is 9.83. The fourth-order valence-corrected chi connectivity index (χ4v) is 1.60. The number of ether oxygens (including phenoxy) is 2. The van der Waals surface area contributed by atoms with Gasteiger partial charge in [0, 0.05) is 17.5 Å². The SMILES string of the molecule is COc1cc(Cl)c(C(=O)C(C)C)cc1OC. The standard InChI is InChI=1S/C12H15ClO3/c1-7(2)12(14)8-5-10(15-3)11(16-4)6-9(8)13/h5-7H,1-4H3. The molecular weight excluding hydrogens is 228 g/mol. The van der Waals surface area contributed by atoms with E-state index in [1.54, 1.807) is 12.1 Å². The van der Waals surface area contributed by atoms with Crippen LogP contribution in [0.2, 0.25) is 5.02 Å². The van der Waals surface area contributed by atoms with Crippen LogP contribution in [0.4, 0.5) is 0 Å². The predicted octanol–water partition coefficient (Wildman–Crippen LogP) is 3.20. The predicted molar refractivity (Wildman–Crippen MR) is 63.7 cm³/mol. The average Bonchev–Trinajstić information content (AvgIpc) is 2.27. The van der Waals surface area contributed by atoms with Gasteiger partial charge in [0.05, 0.1) is 19.2 Å². The van der Waals surface area contributed by atoms with E-state index < -0.39 is 0 Å². The van der Waals surface area contributed by atoms with Crippen molar-refractivity contribution in [2.24, 2.45) is 5.92 Å². The van der Waals surface area contributed by atoms with Gasteiger partial charge in [-0.3, -0.25) is 4.79 Å². The van der Waals surface area contributed by atoms with Crippen LogP contribution in [0.15, 0.2) is 12.1 Å². The quantitative estimate of drug-likeness (QED) is 0.761. The lowest BCUT2D eigenvalue weighted by Crippen LogP contribution is -2.08. The van der Waals surface area contributed by atoms with Gasteiger partial charge in [0.1, 0.15) is 0 Å². The lowest BCUT2D eigenvalue weighted by molar-refractivity contribution is 0.0939. The van der Waals surface area contributed by atoms with Crippen molar-refractivity contribution in [3.8, 4) is 11.5 Å². The van der Waals surface area contributed by atoms with Crippen LogP contribution in [0, 0.1) is 5.92 Å². The highest BCUT2D eigenvalue weighted by Gasteiger charge is 2.17. The first-order chi connectivity index (χ1) is 7.51.